The Morgan fingerprint density at radius 1 is 1.41 bits per heavy atom. The summed E-state index contributed by atoms with van der Waals surface area (Å²) >= 11 is 1.38. The predicted octanol–water partition coefficient (Wildman–Crippen LogP) is 3.32. The van der Waals surface area contributed by atoms with Crippen molar-refractivity contribution in [1.82, 2.24) is 9.97 Å². The normalized spacial score (nSPS) is 11.2. The van der Waals surface area contributed by atoms with Gasteiger partial charge in [0.15, 0.2) is 5.13 Å². The molecule has 0 unspecified atom stereocenters. The predicted molar refractivity (Wildman–Crippen MR) is 68.5 cm³/mol. The fourth-order valence-electron chi connectivity index (χ4n) is 2.03. The van der Waals surface area contributed by atoms with Gasteiger partial charge in [0.1, 0.15) is 5.82 Å². The lowest BCUT2D eigenvalue weighted by atomic mass is 10.1. The van der Waals surface area contributed by atoms with Crippen LogP contribution >= 0.6 is 11.3 Å². The van der Waals surface area contributed by atoms with Gasteiger partial charge in [-0.3, -0.25) is 0 Å². The molecule has 0 radical (unpaired) electrons. The van der Waals surface area contributed by atoms with E-state index in [2.05, 4.69) is 9.97 Å². The smallest absolute Gasteiger partial charge is 0.180 e. The summed E-state index contributed by atoms with van der Waals surface area (Å²) in [6, 6.07) is 4.69. The lowest BCUT2D eigenvalue weighted by molar-refractivity contribution is 0.630. The van der Waals surface area contributed by atoms with Gasteiger partial charge < -0.3 is 10.7 Å². The van der Waals surface area contributed by atoms with Gasteiger partial charge in [-0.2, -0.15) is 0 Å². The van der Waals surface area contributed by atoms with Gasteiger partial charge in [0, 0.05) is 27.5 Å². The molecule has 0 amide bonds. The van der Waals surface area contributed by atoms with Gasteiger partial charge in [-0.25, -0.2) is 9.37 Å². The Kier molecular flexibility index (Phi) is 2.16. The maximum Gasteiger partial charge on any atom is 0.180 e. The third-order valence-corrected chi connectivity index (χ3v) is 3.40. The summed E-state index contributed by atoms with van der Waals surface area (Å²) in [5, 5.41) is 3.24. The molecule has 5 heteroatoms. The molecule has 3 rings (SSSR count). The Balaban J connectivity index is 2.34. The van der Waals surface area contributed by atoms with Crippen LogP contribution in [-0.4, -0.2) is 9.97 Å². The zero-order valence-electron chi connectivity index (χ0n) is 9.12. The molecular formula is C12H10FN3S. The van der Waals surface area contributed by atoms with Crippen LogP contribution in [0, 0.1) is 12.7 Å². The van der Waals surface area contributed by atoms with Crippen LogP contribution in [0.4, 0.5) is 9.52 Å². The standard InChI is InChI=1S/C12H10FN3S/c1-6-11(10-5-17-12(14)16-10)8-4-7(13)2-3-9(8)15-6/h2-5,15H,1H3,(H2,14,16). The fraction of sp³-hybridized carbons (Fsp3) is 0.0833. The molecule has 0 spiro atoms. The number of nitrogens with one attached hydrogen (secondary N) is 1. The van der Waals surface area contributed by atoms with E-state index in [1.165, 1.54) is 23.5 Å². The number of anilines is 1. The first kappa shape index (κ1) is 10.3. The highest BCUT2D eigenvalue weighted by molar-refractivity contribution is 7.13. The summed E-state index contributed by atoms with van der Waals surface area (Å²) in [5.41, 5.74) is 9.23. The van der Waals surface area contributed by atoms with Gasteiger partial charge >= 0.3 is 0 Å². The quantitative estimate of drug-likeness (QED) is 0.693. The molecule has 3 N–H and O–H groups in total. The minimum Gasteiger partial charge on any atom is -0.375 e. The second-order valence-electron chi connectivity index (χ2n) is 3.89. The molecule has 0 atom stereocenters. The van der Waals surface area contributed by atoms with Crippen molar-refractivity contribution in [3.8, 4) is 11.3 Å². The Hall–Kier alpha value is -1.88. The van der Waals surface area contributed by atoms with E-state index >= 15 is 0 Å². The molecule has 17 heavy (non-hydrogen) atoms. The summed E-state index contributed by atoms with van der Waals surface area (Å²) < 4.78 is 13.3. The van der Waals surface area contributed by atoms with E-state index in [0.29, 0.717) is 5.13 Å². The van der Waals surface area contributed by atoms with Gasteiger partial charge in [-0.1, -0.05) is 0 Å². The van der Waals surface area contributed by atoms with Crippen molar-refractivity contribution in [2.24, 2.45) is 0 Å². The molecule has 0 aliphatic heterocycles. The molecular weight excluding hydrogens is 237 g/mol. The highest BCUT2D eigenvalue weighted by Crippen LogP contribution is 2.33. The number of rotatable bonds is 1. The van der Waals surface area contributed by atoms with Crippen molar-refractivity contribution in [1.29, 1.82) is 0 Å². The molecule has 0 saturated heterocycles. The number of thiazole rings is 1. The van der Waals surface area contributed by atoms with Crippen molar-refractivity contribution in [3.63, 3.8) is 0 Å². The first-order valence-electron chi connectivity index (χ1n) is 5.14. The summed E-state index contributed by atoms with van der Waals surface area (Å²) in [7, 11) is 0. The number of halogens is 1. The number of fused-ring (bicyclic) bond motifs is 1. The average Bonchev–Trinajstić information content (AvgIpc) is 2.81. The molecule has 0 bridgehead atoms. The van der Waals surface area contributed by atoms with Crippen LogP contribution < -0.4 is 5.73 Å². The summed E-state index contributed by atoms with van der Waals surface area (Å²) in [4.78, 5) is 7.47. The van der Waals surface area contributed by atoms with E-state index in [4.69, 9.17) is 5.73 Å². The van der Waals surface area contributed by atoms with E-state index in [1.54, 1.807) is 6.07 Å². The number of nitrogens with two attached hydrogens (primary N) is 1. The number of benzene rings is 1. The molecule has 0 fully saturated rings. The zero-order valence-corrected chi connectivity index (χ0v) is 9.94. The topological polar surface area (TPSA) is 54.7 Å². The number of aromatic amines is 1. The van der Waals surface area contributed by atoms with Crippen LogP contribution in [0.5, 0.6) is 0 Å². The lowest BCUT2D eigenvalue weighted by Crippen LogP contribution is -1.84. The van der Waals surface area contributed by atoms with Crippen LogP contribution in [0.3, 0.4) is 0 Å². The number of hydrogen-bond donors (Lipinski definition) is 2. The van der Waals surface area contributed by atoms with Gasteiger partial charge in [-0.05, 0) is 25.1 Å². The number of nitrogen functional groups attached to an aromatic ring is 1. The highest BCUT2D eigenvalue weighted by atomic mass is 32.1. The van der Waals surface area contributed by atoms with Gasteiger partial charge in [-0.15, -0.1) is 11.3 Å². The van der Waals surface area contributed by atoms with Gasteiger partial charge in [0.05, 0.1) is 5.69 Å². The van der Waals surface area contributed by atoms with Crippen LogP contribution in [0.1, 0.15) is 5.69 Å². The van der Waals surface area contributed by atoms with Crippen LogP contribution in [0.25, 0.3) is 22.2 Å². The molecule has 0 aliphatic carbocycles. The third-order valence-electron chi connectivity index (χ3n) is 2.73. The Bertz CT molecular complexity index is 699. The minimum atomic E-state index is -0.249. The van der Waals surface area contributed by atoms with Crippen molar-refractivity contribution in [2.45, 2.75) is 6.92 Å². The number of H-pyrrole nitrogens is 1. The van der Waals surface area contributed by atoms with Crippen molar-refractivity contribution in [2.75, 3.05) is 5.73 Å². The van der Waals surface area contributed by atoms with Crippen LogP contribution in [0.15, 0.2) is 23.6 Å². The van der Waals surface area contributed by atoms with Crippen molar-refractivity contribution in [3.05, 3.63) is 35.1 Å². The van der Waals surface area contributed by atoms with E-state index in [0.717, 1.165) is 27.9 Å². The first-order chi connectivity index (χ1) is 8.15. The molecule has 1 aromatic carbocycles. The average molecular weight is 247 g/mol. The van der Waals surface area contributed by atoms with E-state index in [9.17, 15) is 4.39 Å². The monoisotopic (exact) mass is 247 g/mol. The second-order valence-corrected chi connectivity index (χ2v) is 4.78. The van der Waals surface area contributed by atoms with E-state index in [-0.39, 0.29) is 5.82 Å². The Labute approximate surface area is 101 Å². The summed E-state index contributed by atoms with van der Waals surface area (Å²) in [5.74, 6) is -0.249. The van der Waals surface area contributed by atoms with Crippen molar-refractivity contribution < 1.29 is 4.39 Å². The van der Waals surface area contributed by atoms with E-state index < -0.39 is 0 Å². The minimum absolute atomic E-state index is 0.249. The summed E-state index contributed by atoms with van der Waals surface area (Å²) in [6.45, 7) is 1.95. The maximum absolute atomic E-state index is 13.3. The largest absolute Gasteiger partial charge is 0.375 e. The number of hydrogen-bond acceptors (Lipinski definition) is 3. The van der Waals surface area contributed by atoms with Gasteiger partial charge in [0.2, 0.25) is 0 Å². The number of nitrogens with zero attached hydrogens (tertiary/aromatic N) is 1. The zero-order chi connectivity index (χ0) is 12.0. The van der Waals surface area contributed by atoms with Gasteiger partial charge in [0.25, 0.3) is 0 Å². The molecule has 0 aliphatic rings. The Morgan fingerprint density at radius 2 is 2.24 bits per heavy atom. The highest BCUT2D eigenvalue weighted by Gasteiger charge is 2.13. The fourth-order valence-corrected chi connectivity index (χ4v) is 2.59. The molecule has 2 aromatic heterocycles. The lowest BCUT2D eigenvalue weighted by Gasteiger charge is -1.96. The van der Waals surface area contributed by atoms with Crippen LogP contribution in [-0.2, 0) is 0 Å². The Morgan fingerprint density at radius 3 is 2.94 bits per heavy atom. The van der Waals surface area contributed by atoms with Crippen molar-refractivity contribution >= 4 is 27.4 Å². The van der Waals surface area contributed by atoms with Crippen LogP contribution in [0.2, 0.25) is 0 Å². The van der Waals surface area contributed by atoms with E-state index in [1.807, 2.05) is 12.3 Å². The molecule has 3 aromatic rings. The number of aryl methyl sites for hydroxylation is 1. The molecule has 0 saturated carbocycles. The molecule has 2 heterocycles. The summed E-state index contributed by atoms with van der Waals surface area (Å²) in [6.07, 6.45) is 0. The molecule has 3 nitrogen and oxygen atoms in total. The maximum atomic E-state index is 13.3. The SMILES string of the molecule is Cc1[nH]c2ccc(F)cc2c1-c1csc(N)n1. The third kappa shape index (κ3) is 1.59. The molecule has 86 valence electrons. The number of aromatic nitrogens is 2. The first-order valence-corrected chi connectivity index (χ1v) is 6.02. The second kappa shape index (κ2) is 3.56.